The summed E-state index contributed by atoms with van der Waals surface area (Å²) in [7, 11) is 2.92. The standard InChI is InChI=1S/C24H19F2N3O3/c1-29-22(15-5-9-17(26)10-6-15)28-19-12-11-18(21(32-2)20(19)24(29)31)23(30)27-13-14-3-7-16(25)8-4-14/h3-12H,13H2,1-2H3,(H,27,30). The second-order valence-corrected chi connectivity index (χ2v) is 7.16. The molecular formula is C24H19F2N3O3. The van der Waals surface area contributed by atoms with E-state index in [1.165, 1.54) is 54.1 Å². The second kappa shape index (κ2) is 8.58. The third-order valence-corrected chi connectivity index (χ3v) is 5.12. The molecule has 0 atom stereocenters. The van der Waals surface area contributed by atoms with Crippen LogP contribution in [0.3, 0.4) is 0 Å². The topological polar surface area (TPSA) is 73.2 Å². The summed E-state index contributed by atoms with van der Waals surface area (Å²) >= 11 is 0. The molecule has 0 saturated carbocycles. The van der Waals surface area contributed by atoms with Crippen LogP contribution in [0.1, 0.15) is 15.9 Å². The molecule has 0 spiro atoms. The Balaban J connectivity index is 1.73. The average molecular weight is 435 g/mol. The number of amides is 1. The fourth-order valence-electron chi connectivity index (χ4n) is 3.45. The molecule has 0 aliphatic heterocycles. The van der Waals surface area contributed by atoms with Crippen LogP contribution in [-0.2, 0) is 13.6 Å². The quantitative estimate of drug-likeness (QED) is 0.517. The number of nitrogens with one attached hydrogen (secondary N) is 1. The molecule has 1 N–H and O–H groups in total. The van der Waals surface area contributed by atoms with Crippen molar-refractivity contribution in [3.05, 3.63) is 93.8 Å². The summed E-state index contributed by atoms with van der Waals surface area (Å²) in [6, 6.07) is 14.5. The van der Waals surface area contributed by atoms with E-state index < -0.39 is 17.3 Å². The molecule has 1 amide bonds. The van der Waals surface area contributed by atoms with Gasteiger partial charge in [-0.1, -0.05) is 12.1 Å². The van der Waals surface area contributed by atoms with Crippen molar-refractivity contribution in [1.29, 1.82) is 0 Å². The molecule has 8 heteroatoms. The molecule has 1 aromatic heterocycles. The van der Waals surface area contributed by atoms with Gasteiger partial charge in [0.25, 0.3) is 11.5 Å². The summed E-state index contributed by atoms with van der Waals surface area (Å²) in [5, 5.41) is 2.91. The van der Waals surface area contributed by atoms with Crippen LogP contribution in [0.4, 0.5) is 8.78 Å². The van der Waals surface area contributed by atoms with E-state index in [0.717, 1.165) is 5.56 Å². The number of benzene rings is 3. The summed E-state index contributed by atoms with van der Waals surface area (Å²) in [5.74, 6) is -0.731. The van der Waals surface area contributed by atoms with Crippen LogP contribution in [0.2, 0.25) is 0 Å². The summed E-state index contributed by atoms with van der Waals surface area (Å²) in [6.07, 6.45) is 0. The van der Waals surface area contributed by atoms with Crippen LogP contribution in [0.5, 0.6) is 5.75 Å². The van der Waals surface area contributed by atoms with Gasteiger partial charge in [-0.05, 0) is 54.1 Å². The first-order chi connectivity index (χ1) is 15.4. The normalized spacial score (nSPS) is 10.9. The third-order valence-electron chi connectivity index (χ3n) is 5.12. The van der Waals surface area contributed by atoms with Gasteiger partial charge in [0.15, 0.2) is 0 Å². The second-order valence-electron chi connectivity index (χ2n) is 7.16. The van der Waals surface area contributed by atoms with E-state index >= 15 is 0 Å². The van der Waals surface area contributed by atoms with E-state index in [4.69, 9.17) is 4.74 Å². The van der Waals surface area contributed by atoms with E-state index in [2.05, 4.69) is 10.3 Å². The molecule has 0 aliphatic rings. The largest absolute Gasteiger partial charge is 0.495 e. The lowest BCUT2D eigenvalue weighted by molar-refractivity contribution is 0.0948. The van der Waals surface area contributed by atoms with Crippen LogP contribution < -0.4 is 15.6 Å². The zero-order valence-corrected chi connectivity index (χ0v) is 17.4. The van der Waals surface area contributed by atoms with E-state index in [0.29, 0.717) is 16.9 Å². The Morgan fingerprint density at radius 1 is 1.00 bits per heavy atom. The highest BCUT2D eigenvalue weighted by Crippen LogP contribution is 2.28. The Kier molecular flexibility index (Phi) is 5.68. The van der Waals surface area contributed by atoms with Crippen molar-refractivity contribution in [1.82, 2.24) is 14.9 Å². The number of carbonyl (C=O) groups excluding carboxylic acids is 1. The van der Waals surface area contributed by atoms with Gasteiger partial charge < -0.3 is 10.1 Å². The number of methoxy groups -OCH3 is 1. The maximum atomic E-state index is 13.3. The highest BCUT2D eigenvalue weighted by Gasteiger charge is 2.20. The first-order valence-electron chi connectivity index (χ1n) is 9.75. The SMILES string of the molecule is COc1c(C(=O)NCc2ccc(F)cc2)ccc2nc(-c3ccc(F)cc3)n(C)c(=O)c12. The molecule has 162 valence electrons. The van der Waals surface area contributed by atoms with E-state index in [9.17, 15) is 18.4 Å². The van der Waals surface area contributed by atoms with Gasteiger partial charge in [-0.2, -0.15) is 0 Å². The molecule has 0 bridgehead atoms. The van der Waals surface area contributed by atoms with Gasteiger partial charge in [0.1, 0.15) is 28.6 Å². The van der Waals surface area contributed by atoms with Crippen molar-refractivity contribution >= 4 is 16.8 Å². The lowest BCUT2D eigenvalue weighted by Gasteiger charge is -2.14. The number of rotatable bonds is 5. The number of nitrogens with zero attached hydrogens (tertiary/aromatic N) is 2. The Morgan fingerprint density at radius 3 is 2.25 bits per heavy atom. The molecule has 1 heterocycles. The summed E-state index contributed by atoms with van der Waals surface area (Å²) in [6.45, 7) is 0.181. The van der Waals surface area contributed by atoms with Crippen molar-refractivity contribution < 1.29 is 18.3 Å². The average Bonchev–Trinajstić information content (AvgIpc) is 2.80. The van der Waals surface area contributed by atoms with Gasteiger partial charge >= 0.3 is 0 Å². The summed E-state index contributed by atoms with van der Waals surface area (Å²) in [5.41, 5.74) is 1.42. The fraction of sp³-hybridized carbons (Fsp3) is 0.125. The minimum absolute atomic E-state index is 0.109. The maximum Gasteiger partial charge on any atom is 0.265 e. The van der Waals surface area contributed by atoms with Crippen molar-refractivity contribution in [3.8, 4) is 17.1 Å². The zero-order chi connectivity index (χ0) is 22.8. The predicted octanol–water partition coefficient (Wildman–Crippen LogP) is 3.82. The van der Waals surface area contributed by atoms with Gasteiger partial charge in [-0.3, -0.25) is 14.2 Å². The van der Waals surface area contributed by atoms with Crippen molar-refractivity contribution in [2.45, 2.75) is 6.54 Å². The lowest BCUT2D eigenvalue weighted by Crippen LogP contribution is -2.25. The number of carbonyl (C=O) groups is 1. The molecule has 32 heavy (non-hydrogen) atoms. The highest BCUT2D eigenvalue weighted by atomic mass is 19.1. The molecule has 0 aliphatic carbocycles. The van der Waals surface area contributed by atoms with Crippen LogP contribution in [0, 0.1) is 11.6 Å². The van der Waals surface area contributed by atoms with Gasteiger partial charge in [0, 0.05) is 19.2 Å². The Labute approximate surface area is 182 Å². The minimum atomic E-state index is -0.447. The van der Waals surface area contributed by atoms with Crippen molar-refractivity contribution in [3.63, 3.8) is 0 Å². The predicted molar refractivity (Wildman–Crippen MR) is 117 cm³/mol. The number of ether oxygens (including phenoxy) is 1. The smallest absolute Gasteiger partial charge is 0.265 e. The Morgan fingerprint density at radius 2 is 1.62 bits per heavy atom. The van der Waals surface area contributed by atoms with E-state index in [1.54, 1.807) is 25.2 Å². The third kappa shape index (κ3) is 3.94. The molecule has 3 aromatic carbocycles. The van der Waals surface area contributed by atoms with Crippen molar-refractivity contribution in [2.24, 2.45) is 7.05 Å². The number of halogens is 2. The molecule has 0 unspecified atom stereocenters. The van der Waals surface area contributed by atoms with E-state index in [1.807, 2.05) is 0 Å². The monoisotopic (exact) mass is 435 g/mol. The fourth-order valence-corrected chi connectivity index (χ4v) is 3.45. The van der Waals surface area contributed by atoms with Crippen LogP contribution in [-0.4, -0.2) is 22.6 Å². The molecule has 4 aromatic rings. The maximum absolute atomic E-state index is 13.3. The Bertz CT molecular complexity index is 1360. The lowest BCUT2D eigenvalue weighted by atomic mass is 10.1. The van der Waals surface area contributed by atoms with Gasteiger partial charge in [0.05, 0.1) is 18.2 Å². The summed E-state index contributed by atoms with van der Waals surface area (Å²) < 4.78 is 33.1. The first-order valence-corrected chi connectivity index (χ1v) is 9.75. The summed E-state index contributed by atoms with van der Waals surface area (Å²) in [4.78, 5) is 30.5. The van der Waals surface area contributed by atoms with Crippen LogP contribution >= 0.6 is 0 Å². The molecule has 0 radical (unpaired) electrons. The van der Waals surface area contributed by atoms with E-state index in [-0.39, 0.29) is 29.1 Å². The van der Waals surface area contributed by atoms with Gasteiger partial charge in [-0.25, -0.2) is 13.8 Å². The highest BCUT2D eigenvalue weighted by molar-refractivity contribution is 6.03. The Hall–Kier alpha value is -4.07. The minimum Gasteiger partial charge on any atom is -0.495 e. The molecule has 4 rings (SSSR count). The molecule has 6 nitrogen and oxygen atoms in total. The number of fused-ring (bicyclic) bond motifs is 1. The van der Waals surface area contributed by atoms with Crippen LogP contribution in [0.15, 0.2) is 65.5 Å². The number of hydrogen-bond acceptors (Lipinski definition) is 4. The molecular weight excluding hydrogens is 416 g/mol. The molecule has 0 saturated heterocycles. The first kappa shape index (κ1) is 21.2. The van der Waals surface area contributed by atoms with Gasteiger partial charge in [-0.15, -0.1) is 0 Å². The van der Waals surface area contributed by atoms with Gasteiger partial charge in [0.2, 0.25) is 0 Å². The molecule has 0 fully saturated rings. The number of aromatic nitrogens is 2. The zero-order valence-electron chi connectivity index (χ0n) is 17.4. The van der Waals surface area contributed by atoms with Crippen molar-refractivity contribution in [2.75, 3.05) is 7.11 Å². The number of hydrogen-bond donors (Lipinski definition) is 1. The van der Waals surface area contributed by atoms with Crippen LogP contribution in [0.25, 0.3) is 22.3 Å².